The quantitative estimate of drug-likeness (QED) is 0.564. The van der Waals surface area contributed by atoms with Crippen molar-refractivity contribution in [3.05, 3.63) is 64.2 Å². The predicted molar refractivity (Wildman–Crippen MR) is 104 cm³/mol. The summed E-state index contributed by atoms with van der Waals surface area (Å²) in [4.78, 5) is 0. The highest BCUT2D eigenvalue weighted by Crippen LogP contribution is 2.55. The van der Waals surface area contributed by atoms with Crippen molar-refractivity contribution < 1.29 is 0 Å². The number of rotatable bonds is 5. The molecule has 24 heavy (non-hydrogen) atoms. The molecule has 0 N–H and O–H groups in total. The maximum absolute atomic E-state index is 2.51. The first kappa shape index (κ1) is 15.7. The van der Waals surface area contributed by atoms with Crippen molar-refractivity contribution in [2.24, 2.45) is 5.41 Å². The topological polar surface area (TPSA) is 0 Å². The van der Waals surface area contributed by atoms with Crippen molar-refractivity contribution in [1.29, 1.82) is 0 Å². The molecule has 4 rings (SSSR count). The minimum atomic E-state index is 0.655. The maximum Gasteiger partial charge on any atom is -0.00574 e. The molecule has 0 radical (unpaired) electrons. The van der Waals surface area contributed by atoms with Crippen LogP contribution in [0.3, 0.4) is 0 Å². The molecule has 0 atom stereocenters. The zero-order chi connectivity index (χ0) is 16.7. The molecular formula is C24H28. The largest absolute Gasteiger partial charge is 0.0654 e. The average Bonchev–Trinajstić information content (AvgIpc) is 3.15. The number of allylic oxidation sites excluding steroid dienone is 1. The van der Waals surface area contributed by atoms with Gasteiger partial charge in [-0.25, -0.2) is 0 Å². The Morgan fingerprint density at radius 2 is 1.75 bits per heavy atom. The Kier molecular flexibility index (Phi) is 3.87. The molecule has 0 aliphatic heterocycles. The minimum Gasteiger partial charge on any atom is -0.0654 e. The molecule has 1 saturated carbocycles. The molecule has 2 aromatic carbocycles. The van der Waals surface area contributed by atoms with E-state index in [4.69, 9.17) is 0 Å². The lowest BCUT2D eigenvalue weighted by atomic mass is 9.91. The fourth-order valence-corrected chi connectivity index (χ4v) is 4.64. The molecule has 0 aromatic heterocycles. The number of aryl methyl sites for hydroxylation is 2. The highest BCUT2D eigenvalue weighted by molar-refractivity contribution is 5.81. The van der Waals surface area contributed by atoms with Crippen LogP contribution in [-0.2, 0) is 6.42 Å². The van der Waals surface area contributed by atoms with Gasteiger partial charge in [0.2, 0.25) is 0 Å². The monoisotopic (exact) mass is 316 g/mol. The Morgan fingerprint density at radius 3 is 2.42 bits per heavy atom. The van der Waals surface area contributed by atoms with Gasteiger partial charge < -0.3 is 0 Å². The zero-order valence-electron chi connectivity index (χ0n) is 15.3. The smallest absolute Gasteiger partial charge is 0.00574 e. The van der Waals surface area contributed by atoms with Crippen LogP contribution in [0, 0.1) is 19.3 Å². The van der Waals surface area contributed by atoms with Crippen molar-refractivity contribution >= 4 is 6.08 Å². The first-order chi connectivity index (χ1) is 11.6. The molecule has 0 bridgehead atoms. The summed E-state index contributed by atoms with van der Waals surface area (Å²) in [5, 5.41) is 0. The molecule has 2 aromatic rings. The van der Waals surface area contributed by atoms with E-state index in [0.717, 1.165) is 0 Å². The molecule has 2 aliphatic rings. The Balaban J connectivity index is 1.68. The van der Waals surface area contributed by atoms with Crippen LogP contribution < -0.4 is 0 Å². The van der Waals surface area contributed by atoms with Crippen LogP contribution in [0.5, 0.6) is 0 Å². The Hall–Kier alpha value is -1.82. The Bertz CT molecular complexity index is 783. The Morgan fingerprint density at radius 1 is 1.00 bits per heavy atom. The molecular weight excluding hydrogens is 288 g/mol. The van der Waals surface area contributed by atoms with Crippen LogP contribution in [0.25, 0.3) is 17.2 Å². The number of hydrogen-bond acceptors (Lipinski definition) is 0. The zero-order valence-corrected chi connectivity index (χ0v) is 15.3. The summed E-state index contributed by atoms with van der Waals surface area (Å²) in [6, 6.07) is 13.8. The van der Waals surface area contributed by atoms with Crippen LogP contribution in [0.1, 0.15) is 61.3 Å². The van der Waals surface area contributed by atoms with E-state index in [1.54, 1.807) is 5.57 Å². The molecule has 0 saturated heterocycles. The lowest BCUT2D eigenvalue weighted by Crippen LogP contribution is -2.01. The standard InChI is InChI=1S/C24H28/c1-4-8-24(9-10-24)16-19-14-20-6-5-7-22(23(20)15-19)21-12-17(2)11-18(3)13-21/h5-7,11-13,15H,4,8-10,14,16H2,1-3H3. The average molecular weight is 316 g/mol. The molecule has 2 aliphatic carbocycles. The minimum absolute atomic E-state index is 0.655. The molecule has 0 nitrogen and oxygen atoms in total. The van der Waals surface area contributed by atoms with Crippen LogP contribution in [-0.4, -0.2) is 0 Å². The van der Waals surface area contributed by atoms with Gasteiger partial charge >= 0.3 is 0 Å². The normalized spacial score (nSPS) is 17.5. The summed E-state index contributed by atoms with van der Waals surface area (Å²) in [7, 11) is 0. The van der Waals surface area contributed by atoms with Crippen molar-refractivity contribution in [2.45, 2.75) is 59.3 Å². The fourth-order valence-electron chi connectivity index (χ4n) is 4.64. The SMILES string of the molecule is CCCC1(CC2=Cc3c(cccc3-c3cc(C)cc(C)c3)C2)CC1. The highest BCUT2D eigenvalue weighted by Gasteiger charge is 2.42. The van der Waals surface area contributed by atoms with Gasteiger partial charge in [0.05, 0.1) is 0 Å². The second kappa shape index (κ2) is 5.92. The Labute approximate surface area is 146 Å². The summed E-state index contributed by atoms with van der Waals surface area (Å²) < 4.78 is 0. The first-order valence-corrected chi connectivity index (χ1v) is 9.49. The van der Waals surface area contributed by atoms with Gasteiger partial charge in [-0.1, -0.05) is 72.5 Å². The molecule has 0 heteroatoms. The van der Waals surface area contributed by atoms with Gasteiger partial charge in [0, 0.05) is 0 Å². The summed E-state index contributed by atoms with van der Waals surface area (Å²) in [5.41, 5.74) is 10.8. The van der Waals surface area contributed by atoms with Crippen molar-refractivity contribution in [1.82, 2.24) is 0 Å². The van der Waals surface area contributed by atoms with Gasteiger partial charge in [0.1, 0.15) is 0 Å². The van der Waals surface area contributed by atoms with Crippen LogP contribution in [0.15, 0.2) is 42.0 Å². The van der Waals surface area contributed by atoms with E-state index in [1.807, 2.05) is 0 Å². The predicted octanol–water partition coefficient (Wildman–Crippen LogP) is 6.88. The van der Waals surface area contributed by atoms with Gasteiger partial charge in [0.25, 0.3) is 0 Å². The third-order valence-electron chi connectivity index (χ3n) is 5.83. The summed E-state index contributed by atoms with van der Waals surface area (Å²) >= 11 is 0. The van der Waals surface area contributed by atoms with Gasteiger partial charge in [-0.3, -0.25) is 0 Å². The van der Waals surface area contributed by atoms with E-state index in [2.05, 4.69) is 63.2 Å². The third-order valence-corrected chi connectivity index (χ3v) is 5.83. The van der Waals surface area contributed by atoms with E-state index in [0.29, 0.717) is 5.41 Å². The van der Waals surface area contributed by atoms with Crippen LogP contribution in [0.4, 0.5) is 0 Å². The second-order valence-corrected chi connectivity index (χ2v) is 8.16. The van der Waals surface area contributed by atoms with Crippen molar-refractivity contribution in [3.8, 4) is 11.1 Å². The lowest BCUT2D eigenvalue weighted by molar-refractivity contribution is 0.454. The van der Waals surface area contributed by atoms with E-state index in [1.165, 1.54) is 71.9 Å². The van der Waals surface area contributed by atoms with Crippen molar-refractivity contribution in [3.63, 3.8) is 0 Å². The molecule has 1 fully saturated rings. The number of hydrogen-bond donors (Lipinski definition) is 0. The number of fused-ring (bicyclic) bond motifs is 1. The summed E-state index contributed by atoms with van der Waals surface area (Å²) in [6.07, 6.45) is 10.6. The fraction of sp³-hybridized carbons (Fsp3) is 0.417. The summed E-state index contributed by atoms with van der Waals surface area (Å²) in [5.74, 6) is 0. The van der Waals surface area contributed by atoms with Gasteiger partial charge in [-0.05, 0) is 73.6 Å². The molecule has 0 spiro atoms. The third kappa shape index (κ3) is 2.95. The van der Waals surface area contributed by atoms with Gasteiger partial charge in [0.15, 0.2) is 0 Å². The number of benzene rings is 2. The summed E-state index contributed by atoms with van der Waals surface area (Å²) in [6.45, 7) is 6.72. The van der Waals surface area contributed by atoms with E-state index < -0.39 is 0 Å². The molecule has 0 heterocycles. The van der Waals surface area contributed by atoms with E-state index in [9.17, 15) is 0 Å². The van der Waals surface area contributed by atoms with E-state index in [-0.39, 0.29) is 0 Å². The molecule has 0 unspecified atom stereocenters. The second-order valence-electron chi connectivity index (χ2n) is 8.16. The van der Waals surface area contributed by atoms with Gasteiger partial charge in [-0.2, -0.15) is 0 Å². The van der Waals surface area contributed by atoms with Crippen molar-refractivity contribution in [2.75, 3.05) is 0 Å². The first-order valence-electron chi connectivity index (χ1n) is 9.49. The highest BCUT2D eigenvalue weighted by atomic mass is 14.5. The van der Waals surface area contributed by atoms with Crippen LogP contribution in [0.2, 0.25) is 0 Å². The van der Waals surface area contributed by atoms with Gasteiger partial charge in [-0.15, -0.1) is 0 Å². The molecule has 0 amide bonds. The maximum atomic E-state index is 2.51. The molecule has 124 valence electrons. The lowest BCUT2D eigenvalue weighted by Gasteiger charge is -2.14. The van der Waals surface area contributed by atoms with E-state index >= 15 is 0 Å². The van der Waals surface area contributed by atoms with Crippen LogP contribution >= 0.6 is 0 Å².